The minimum Gasteiger partial charge on any atom is -0.394 e. The van der Waals surface area contributed by atoms with Crippen LogP contribution in [0.1, 0.15) is 11.3 Å². The molecule has 0 radical (unpaired) electrons. The van der Waals surface area contributed by atoms with Crippen molar-refractivity contribution in [2.45, 2.75) is 18.7 Å². The lowest BCUT2D eigenvalue weighted by atomic mass is 10.2. The second-order valence-corrected chi connectivity index (χ2v) is 6.82. The third-order valence-electron chi connectivity index (χ3n) is 3.38. The number of aliphatic hydroxyl groups is 1. The summed E-state index contributed by atoms with van der Waals surface area (Å²) >= 11 is 0. The predicted molar refractivity (Wildman–Crippen MR) is 93.3 cm³/mol. The van der Waals surface area contributed by atoms with E-state index in [2.05, 4.69) is 10.3 Å². The van der Waals surface area contributed by atoms with Gasteiger partial charge in [-0.15, -0.1) is 0 Å². The number of aryl methyl sites for hydroxylation is 1. The molecule has 1 heterocycles. The molecule has 0 spiro atoms. The molecule has 0 aliphatic heterocycles. The summed E-state index contributed by atoms with van der Waals surface area (Å²) in [5.41, 5.74) is 1.19. The lowest BCUT2D eigenvalue weighted by Crippen LogP contribution is -2.31. The molecule has 0 bridgehead atoms. The Kier molecular flexibility index (Phi) is 6.39. The van der Waals surface area contributed by atoms with Crippen LogP contribution in [0.4, 0.5) is 11.5 Å². The Morgan fingerprint density at radius 3 is 2.58 bits per heavy atom. The van der Waals surface area contributed by atoms with Crippen LogP contribution >= 0.6 is 0 Å². The molecule has 8 heteroatoms. The number of anilines is 1. The minimum atomic E-state index is -1.15. The van der Waals surface area contributed by atoms with E-state index in [1.54, 1.807) is 6.92 Å². The second kappa shape index (κ2) is 8.51. The van der Waals surface area contributed by atoms with Crippen LogP contribution in [0.15, 0.2) is 42.5 Å². The van der Waals surface area contributed by atoms with Crippen molar-refractivity contribution in [3.05, 3.63) is 63.8 Å². The number of benzene rings is 1. The fraction of sp³-hybridized carbons (Fsp3) is 0.312. The van der Waals surface area contributed by atoms with Crippen LogP contribution in [-0.2, 0) is 16.6 Å². The molecule has 2 aromatic rings. The van der Waals surface area contributed by atoms with Crippen molar-refractivity contribution in [1.29, 1.82) is 0 Å². The number of pyridine rings is 1. The average Bonchev–Trinajstić information content (AvgIpc) is 2.54. The van der Waals surface area contributed by atoms with Crippen LogP contribution in [0.25, 0.3) is 0 Å². The third kappa shape index (κ3) is 5.10. The van der Waals surface area contributed by atoms with Gasteiger partial charge in [0, 0.05) is 28.4 Å². The predicted octanol–water partition coefficient (Wildman–Crippen LogP) is 2.02. The Morgan fingerprint density at radius 1 is 1.29 bits per heavy atom. The SMILES string of the molecule is Cc1nc(N[C@H](CO)CS(=O)Cc2ccccc2)ccc1[N+](=O)[O-]. The van der Waals surface area contributed by atoms with Crippen molar-refractivity contribution in [1.82, 2.24) is 4.98 Å². The van der Waals surface area contributed by atoms with E-state index in [4.69, 9.17) is 0 Å². The van der Waals surface area contributed by atoms with E-state index in [9.17, 15) is 19.4 Å². The van der Waals surface area contributed by atoms with Crippen molar-refractivity contribution in [2.75, 3.05) is 17.7 Å². The molecule has 24 heavy (non-hydrogen) atoms. The summed E-state index contributed by atoms with van der Waals surface area (Å²) in [5, 5.41) is 23.3. The highest BCUT2D eigenvalue weighted by atomic mass is 32.2. The summed E-state index contributed by atoms with van der Waals surface area (Å²) in [6, 6.07) is 11.9. The number of hydrogen-bond acceptors (Lipinski definition) is 6. The topological polar surface area (TPSA) is 105 Å². The molecule has 0 aliphatic rings. The molecule has 7 nitrogen and oxygen atoms in total. The normalized spacial score (nSPS) is 13.2. The number of rotatable bonds is 8. The first-order valence-corrected chi connectivity index (χ1v) is 8.86. The first-order chi connectivity index (χ1) is 11.5. The van der Waals surface area contributed by atoms with E-state index in [0.717, 1.165) is 5.56 Å². The fourth-order valence-corrected chi connectivity index (χ4v) is 3.54. The van der Waals surface area contributed by atoms with Gasteiger partial charge in [-0.1, -0.05) is 30.3 Å². The Labute approximate surface area is 142 Å². The average molecular weight is 349 g/mol. The quantitative estimate of drug-likeness (QED) is 0.558. The zero-order valence-electron chi connectivity index (χ0n) is 13.2. The van der Waals surface area contributed by atoms with Crippen molar-refractivity contribution in [3.63, 3.8) is 0 Å². The molecule has 0 saturated heterocycles. The molecule has 0 amide bonds. The zero-order chi connectivity index (χ0) is 17.5. The highest BCUT2D eigenvalue weighted by Crippen LogP contribution is 2.18. The molecular weight excluding hydrogens is 330 g/mol. The highest BCUT2D eigenvalue weighted by Gasteiger charge is 2.16. The van der Waals surface area contributed by atoms with Gasteiger partial charge >= 0.3 is 0 Å². The molecule has 0 saturated carbocycles. The Bertz CT molecular complexity index is 725. The Morgan fingerprint density at radius 2 is 2.00 bits per heavy atom. The van der Waals surface area contributed by atoms with E-state index in [1.165, 1.54) is 12.1 Å². The summed E-state index contributed by atoms with van der Waals surface area (Å²) in [6.07, 6.45) is 0. The van der Waals surface area contributed by atoms with Gasteiger partial charge in [0.05, 0.1) is 17.6 Å². The fourth-order valence-electron chi connectivity index (χ4n) is 2.22. The highest BCUT2D eigenvalue weighted by molar-refractivity contribution is 7.84. The molecule has 0 fully saturated rings. The molecule has 2 atom stereocenters. The zero-order valence-corrected chi connectivity index (χ0v) is 14.0. The maximum Gasteiger partial charge on any atom is 0.290 e. The van der Waals surface area contributed by atoms with Gasteiger partial charge in [-0.3, -0.25) is 14.3 Å². The van der Waals surface area contributed by atoms with Crippen LogP contribution in [0.5, 0.6) is 0 Å². The lowest BCUT2D eigenvalue weighted by Gasteiger charge is -2.17. The summed E-state index contributed by atoms with van der Waals surface area (Å²) in [5.74, 6) is 1.07. The molecule has 1 aromatic carbocycles. The van der Waals surface area contributed by atoms with Gasteiger partial charge in [-0.2, -0.15) is 0 Å². The summed E-state index contributed by atoms with van der Waals surface area (Å²) in [7, 11) is -1.15. The summed E-state index contributed by atoms with van der Waals surface area (Å²) < 4.78 is 12.2. The maximum absolute atomic E-state index is 12.2. The van der Waals surface area contributed by atoms with Gasteiger partial charge < -0.3 is 10.4 Å². The van der Waals surface area contributed by atoms with Gasteiger partial charge in [0.1, 0.15) is 11.5 Å². The standard InChI is InChI=1S/C16H19N3O4S/c1-12-15(19(21)22)7-8-16(17-12)18-14(9-20)11-24(23)10-13-5-3-2-4-6-13/h2-8,14,20H,9-11H2,1H3,(H,17,18)/t14-,24?/m1/s1. The van der Waals surface area contributed by atoms with Crippen LogP contribution in [0, 0.1) is 17.0 Å². The number of aliphatic hydroxyl groups excluding tert-OH is 1. The number of aromatic nitrogens is 1. The van der Waals surface area contributed by atoms with E-state index < -0.39 is 21.8 Å². The number of nitrogens with one attached hydrogen (secondary N) is 1. The first-order valence-electron chi connectivity index (χ1n) is 7.38. The van der Waals surface area contributed by atoms with Crippen molar-refractivity contribution >= 4 is 22.3 Å². The largest absolute Gasteiger partial charge is 0.394 e. The van der Waals surface area contributed by atoms with Crippen molar-refractivity contribution in [3.8, 4) is 0 Å². The molecular formula is C16H19N3O4S. The van der Waals surface area contributed by atoms with Crippen LogP contribution in [0.2, 0.25) is 0 Å². The van der Waals surface area contributed by atoms with E-state index in [-0.39, 0.29) is 23.7 Å². The van der Waals surface area contributed by atoms with E-state index in [0.29, 0.717) is 11.6 Å². The molecule has 1 unspecified atom stereocenters. The van der Waals surface area contributed by atoms with Crippen LogP contribution in [-0.4, -0.2) is 37.6 Å². The third-order valence-corrected chi connectivity index (χ3v) is 4.81. The molecule has 2 N–H and O–H groups in total. The van der Waals surface area contributed by atoms with Crippen LogP contribution < -0.4 is 5.32 Å². The number of nitrogens with zero attached hydrogens (tertiary/aromatic N) is 2. The summed E-state index contributed by atoms with van der Waals surface area (Å²) in [4.78, 5) is 14.4. The molecule has 2 rings (SSSR count). The van der Waals surface area contributed by atoms with Gasteiger partial charge in [-0.25, -0.2) is 4.98 Å². The van der Waals surface area contributed by atoms with Gasteiger partial charge in [0.25, 0.3) is 5.69 Å². The monoisotopic (exact) mass is 349 g/mol. The first kappa shape index (κ1) is 18.0. The lowest BCUT2D eigenvalue weighted by molar-refractivity contribution is -0.385. The van der Waals surface area contributed by atoms with Gasteiger partial charge in [-0.05, 0) is 18.6 Å². The van der Waals surface area contributed by atoms with Gasteiger partial charge in [0.2, 0.25) is 0 Å². The van der Waals surface area contributed by atoms with Gasteiger partial charge in [0.15, 0.2) is 0 Å². The maximum atomic E-state index is 12.2. The van der Waals surface area contributed by atoms with E-state index >= 15 is 0 Å². The van der Waals surface area contributed by atoms with Crippen molar-refractivity contribution in [2.24, 2.45) is 0 Å². The van der Waals surface area contributed by atoms with E-state index in [1.807, 2.05) is 30.3 Å². The Balaban J connectivity index is 1.98. The molecule has 0 aliphatic carbocycles. The number of nitro groups is 1. The molecule has 128 valence electrons. The minimum absolute atomic E-state index is 0.0613. The smallest absolute Gasteiger partial charge is 0.290 e. The number of hydrogen-bond donors (Lipinski definition) is 2. The Hall–Kier alpha value is -2.32. The van der Waals surface area contributed by atoms with Crippen molar-refractivity contribution < 1.29 is 14.2 Å². The summed E-state index contributed by atoms with van der Waals surface area (Å²) in [6.45, 7) is 1.34. The second-order valence-electron chi connectivity index (χ2n) is 5.32. The van der Waals surface area contributed by atoms with Crippen LogP contribution in [0.3, 0.4) is 0 Å². The molecule has 1 aromatic heterocycles.